The van der Waals surface area contributed by atoms with Crippen molar-refractivity contribution in [2.45, 2.75) is 13.0 Å². The fourth-order valence-electron chi connectivity index (χ4n) is 1.82. The molecule has 0 aromatic heterocycles. The molecular weight excluding hydrogens is 355 g/mol. The Morgan fingerprint density at radius 1 is 1.10 bits per heavy atom. The maximum atomic E-state index is 13.7. The van der Waals surface area contributed by atoms with Gasteiger partial charge in [-0.15, -0.1) is 0 Å². The van der Waals surface area contributed by atoms with E-state index in [1.165, 1.54) is 6.07 Å². The molecule has 0 spiro atoms. The molecule has 2 aromatic carbocycles. The average Bonchev–Trinajstić information content (AvgIpc) is 2.36. The summed E-state index contributed by atoms with van der Waals surface area (Å²) in [5.41, 5.74) is 0.291. The van der Waals surface area contributed by atoms with Gasteiger partial charge in [0.15, 0.2) is 5.82 Å². The second kappa shape index (κ2) is 6.06. The summed E-state index contributed by atoms with van der Waals surface area (Å²) in [5.74, 6) is -2.01. The molecule has 0 bridgehead atoms. The van der Waals surface area contributed by atoms with E-state index in [0.717, 1.165) is 12.1 Å². The number of hydrogen-bond acceptors (Lipinski definition) is 1. The maximum Gasteiger partial charge on any atom is 0.150 e. The summed E-state index contributed by atoms with van der Waals surface area (Å²) in [6, 6.07) is 5.64. The first-order valence-electron chi connectivity index (χ1n) is 5.74. The highest BCUT2D eigenvalue weighted by atomic mass is 79.9. The van der Waals surface area contributed by atoms with Gasteiger partial charge in [0.05, 0.1) is 16.8 Å². The Hall–Kier alpha value is -1.20. The molecule has 2 aromatic rings. The standard InChI is InChI=1S/C14H10BrClF3N/c1-7(10-4-8(15)2-3-12(10)18)20-14-11(16)5-9(17)6-13(14)19/h2-7,20H,1H3. The quantitative estimate of drug-likeness (QED) is 0.737. The van der Waals surface area contributed by atoms with Crippen molar-refractivity contribution < 1.29 is 13.2 Å². The molecule has 0 aliphatic heterocycles. The number of anilines is 1. The molecule has 0 saturated carbocycles. The van der Waals surface area contributed by atoms with E-state index in [1.807, 2.05) is 0 Å². The van der Waals surface area contributed by atoms with E-state index >= 15 is 0 Å². The summed E-state index contributed by atoms with van der Waals surface area (Å²) in [6.45, 7) is 1.66. The highest BCUT2D eigenvalue weighted by Gasteiger charge is 2.16. The fraction of sp³-hybridized carbons (Fsp3) is 0.143. The van der Waals surface area contributed by atoms with Gasteiger partial charge in [0, 0.05) is 16.1 Å². The van der Waals surface area contributed by atoms with Crippen LogP contribution in [0.2, 0.25) is 5.02 Å². The largest absolute Gasteiger partial charge is 0.375 e. The van der Waals surface area contributed by atoms with Crippen molar-refractivity contribution in [1.82, 2.24) is 0 Å². The molecule has 1 nitrogen and oxygen atoms in total. The molecule has 20 heavy (non-hydrogen) atoms. The van der Waals surface area contributed by atoms with E-state index in [9.17, 15) is 13.2 Å². The summed E-state index contributed by atoms with van der Waals surface area (Å²) in [4.78, 5) is 0. The smallest absolute Gasteiger partial charge is 0.150 e. The van der Waals surface area contributed by atoms with Crippen molar-refractivity contribution in [1.29, 1.82) is 0 Å². The zero-order chi connectivity index (χ0) is 14.9. The fourth-order valence-corrected chi connectivity index (χ4v) is 2.45. The third-order valence-corrected chi connectivity index (χ3v) is 3.58. The Morgan fingerprint density at radius 3 is 2.45 bits per heavy atom. The minimum absolute atomic E-state index is 0.0556. The molecule has 0 heterocycles. The van der Waals surface area contributed by atoms with Crippen LogP contribution in [0, 0.1) is 17.5 Å². The lowest BCUT2D eigenvalue weighted by molar-refractivity contribution is 0.580. The molecule has 1 unspecified atom stereocenters. The van der Waals surface area contributed by atoms with Crippen molar-refractivity contribution >= 4 is 33.2 Å². The van der Waals surface area contributed by atoms with Gasteiger partial charge in [0.1, 0.15) is 11.6 Å². The van der Waals surface area contributed by atoms with E-state index < -0.39 is 23.5 Å². The van der Waals surface area contributed by atoms with Crippen LogP contribution in [0.3, 0.4) is 0 Å². The molecule has 106 valence electrons. The number of halogens is 5. The molecule has 0 amide bonds. The molecule has 0 aliphatic rings. The van der Waals surface area contributed by atoms with Crippen molar-refractivity contribution in [2.75, 3.05) is 5.32 Å². The highest BCUT2D eigenvalue weighted by Crippen LogP contribution is 2.31. The van der Waals surface area contributed by atoms with Gasteiger partial charge in [-0.2, -0.15) is 0 Å². The SMILES string of the molecule is CC(Nc1c(F)cc(F)cc1Cl)c1cc(Br)ccc1F. The van der Waals surface area contributed by atoms with Crippen LogP contribution in [0.25, 0.3) is 0 Å². The first-order valence-corrected chi connectivity index (χ1v) is 6.91. The normalized spacial score (nSPS) is 12.3. The predicted octanol–water partition coefficient (Wildman–Crippen LogP) is 5.69. The van der Waals surface area contributed by atoms with Crippen LogP contribution in [-0.2, 0) is 0 Å². The molecule has 2 rings (SSSR count). The van der Waals surface area contributed by atoms with Crippen LogP contribution < -0.4 is 5.32 Å². The second-order valence-corrected chi connectivity index (χ2v) is 5.60. The van der Waals surface area contributed by atoms with Crippen molar-refractivity contribution in [3.8, 4) is 0 Å². The van der Waals surface area contributed by atoms with Gasteiger partial charge >= 0.3 is 0 Å². The van der Waals surface area contributed by atoms with Gasteiger partial charge < -0.3 is 5.32 Å². The van der Waals surface area contributed by atoms with Gasteiger partial charge in [-0.3, -0.25) is 0 Å². The monoisotopic (exact) mass is 363 g/mol. The summed E-state index contributed by atoms with van der Waals surface area (Å²) in [5, 5.41) is 2.66. The van der Waals surface area contributed by atoms with Crippen LogP contribution in [0.15, 0.2) is 34.8 Å². The van der Waals surface area contributed by atoms with Gasteiger partial charge in [-0.1, -0.05) is 27.5 Å². The molecule has 0 saturated heterocycles. The number of benzene rings is 2. The molecule has 6 heteroatoms. The van der Waals surface area contributed by atoms with Crippen molar-refractivity contribution in [3.63, 3.8) is 0 Å². The second-order valence-electron chi connectivity index (χ2n) is 4.28. The lowest BCUT2D eigenvalue weighted by Gasteiger charge is -2.18. The van der Waals surface area contributed by atoms with Crippen molar-refractivity contribution in [3.05, 3.63) is 62.8 Å². The van der Waals surface area contributed by atoms with Gasteiger partial charge in [-0.05, 0) is 31.2 Å². The van der Waals surface area contributed by atoms with Crippen LogP contribution >= 0.6 is 27.5 Å². The molecule has 1 N–H and O–H groups in total. The molecular formula is C14H10BrClF3N. The number of hydrogen-bond donors (Lipinski definition) is 1. The van der Waals surface area contributed by atoms with E-state index in [2.05, 4.69) is 21.2 Å². The van der Waals surface area contributed by atoms with E-state index in [4.69, 9.17) is 11.6 Å². The predicted molar refractivity (Wildman–Crippen MR) is 77.5 cm³/mol. The van der Waals surface area contributed by atoms with Gasteiger partial charge in [-0.25, -0.2) is 13.2 Å². The van der Waals surface area contributed by atoms with Crippen LogP contribution in [0.1, 0.15) is 18.5 Å². The van der Waals surface area contributed by atoms with Crippen molar-refractivity contribution in [2.24, 2.45) is 0 Å². The zero-order valence-corrected chi connectivity index (χ0v) is 12.7. The van der Waals surface area contributed by atoms with Crippen LogP contribution in [-0.4, -0.2) is 0 Å². The van der Waals surface area contributed by atoms with Gasteiger partial charge in [0.2, 0.25) is 0 Å². The van der Waals surface area contributed by atoms with E-state index in [0.29, 0.717) is 10.0 Å². The van der Waals surface area contributed by atoms with E-state index in [1.54, 1.807) is 19.1 Å². The summed E-state index contributed by atoms with van der Waals surface area (Å²) < 4.78 is 41.1. The molecule has 0 radical (unpaired) electrons. The summed E-state index contributed by atoms with van der Waals surface area (Å²) in [6.07, 6.45) is 0. The molecule has 0 aliphatic carbocycles. The Morgan fingerprint density at radius 2 is 1.80 bits per heavy atom. The average molecular weight is 365 g/mol. The first-order chi connectivity index (χ1) is 9.38. The number of rotatable bonds is 3. The molecule has 0 fully saturated rings. The Labute approximate surface area is 127 Å². The third kappa shape index (κ3) is 3.27. The lowest BCUT2D eigenvalue weighted by Crippen LogP contribution is -2.10. The Bertz CT molecular complexity index is 625. The minimum Gasteiger partial charge on any atom is -0.375 e. The van der Waals surface area contributed by atoms with Crippen LogP contribution in [0.4, 0.5) is 18.9 Å². The lowest BCUT2D eigenvalue weighted by atomic mass is 10.1. The topological polar surface area (TPSA) is 12.0 Å². The van der Waals surface area contributed by atoms with Crippen LogP contribution in [0.5, 0.6) is 0 Å². The Balaban J connectivity index is 2.32. The summed E-state index contributed by atoms with van der Waals surface area (Å²) >= 11 is 9.04. The number of nitrogens with one attached hydrogen (secondary N) is 1. The third-order valence-electron chi connectivity index (χ3n) is 2.79. The molecule has 1 atom stereocenters. The van der Waals surface area contributed by atoms with Gasteiger partial charge in [0.25, 0.3) is 0 Å². The zero-order valence-electron chi connectivity index (χ0n) is 10.4. The first kappa shape index (κ1) is 15.2. The Kier molecular flexibility index (Phi) is 4.60. The minimum atomic E-state index is -0.822. The van der Waals surface area contributed by atoms with E-state index in [-0.39, 0.29) is 10.7 Å². The highest BCUT2D eigenvalue weighted by molar-refractivity contribution is 9.10. The summed E-state index contributed by atoms with van der Waals surface area (Å²) in [7, 11) is 0. The maximum absolute atomic E-state index is 13.7.